The van der Waals surface area contributed by atoms with Gasteiger partial charge in [-0.1, -0.05) is 30.3 Å². The zero-order valence-corrected chi connectivity index (χ0v) is 18.1. The van der Waals surface area contributed by atoms with Crippen molar-refractivity contribution in [1.82, 2.24) is 9.62 Å². The number of nitrogens with zero attached hydrogens (tertiary/aromatic N) is 1. The zero-order chi connectivity index (χ0) is 20.1. The van der Waals surface area contributed by atoms with Gasteiger partial charge < -0.3 is 5.32 Å². The van der Waals surface area contributed by atoms with Crippen molar-refractivity contribution in [3.8, 4) is 0 Å². The topological polar surface area (TPSA) is 66.5 Å². The minimum Gasteiger partial charge on any atom is -0.359 e. The fourth-order valence-electron chi connectivity index (χ4n) is 5.19. The largest absolute Gasteiger partial charge is 0.359 e. The van der Waals surface area contributed by atoms with Crippen molar-refractivity contribution in [3.05, 3.63) is 51.7 Å². The van der Waals surface area contributed by atoms with Crippen LogP contribution in [-0.2, 0) is 21.2 Å². The van der Waals surface area contributed by atoms with Crippen LogP contribution in [0.4, 0.5) is 0 Å². The van der Waals surface area contributed by atoms with Gasteiger partial charge in [0.15, 0.2) is 0 Å². The molecule has 5 nitrogen and oxygen atoms in total. The molecule has 0 unspecified atom stereocenters. The van der Waals surface area contributed by atoms with Crippen molar-refractivity contribution < 1.29 is 13.2 Å². The highest BCUT2D eigenvalue weighted by Gasteiger charge is 2.63. The molecule has 28 heavy (non-hydrogen) atoms. The van der Waals surface area contributed by atoms with Gasteiger partial charge in [0, 0.05) is 28.9 Å². The molecule has 0 aliphatic carbocycles. The average molecular weight is 419 g/mol. The lowest BCUT2D eigenvalue weighted by Gasteiger charge is -2.35. The molecule has 1 aromatic heterocycles. The van der Waals surface area contributed by atoms with E-state index >= 15 is 0 Å². The second-order valence-corrected chi connectivity index (χ2v) is 11.2. The first-order valence-electron chi connectivity index (χ1n) is 9.66. The van der Waals surface area contributed by atoms with Gasteiger partial charge in [0.25, 0.3) is 0 Å². The lowest BCUT2D eigenvalue weighted by atomic mass is 9.69. The van der Waals surface area contributed by atoms with E-state index in [1.54, 1.807) is 17.4 Å². The quantitative estimate of drug-likeness (QED) is 0.810. The predicted octanol–water partition coefficient (Wildman–Crippen LogP) is 3.27. The number of rotatable bonds is 5. The predicted molar refractivity (Wildman–Crippen MR) is 111 cm³/mol. The van der Waals surface area contributed by atoms with E-state index < -0.39 is 15.4 Å². The number of hydrogen-bond donors (Lipinski definition) is 1. The molecule has 0 saturated carbocycles. The first-order valence-corrected chi connectivity index (χ1v) is 11.9. The Morgan fingerprint density at radius 2 is 1.96 bits per heavy atom. The molecule has 0 spiro atoms. The standard InChI is InChI=1S/C21H26N2O3S2/c1-14-11-18(15(2)27-14)28(25,26)23-17-9-10-19(23)21(13-17,20(24)22-3)12-16-7-5-4-6-8-16/h4-8,11,17,19H,9-10,12-13H2,1-3H3,(H,22,24)/t17-,19+,21+/m1/s1. The summed E-state index contributed by atoms with van der Waals surface area (Å²) < 4.78 is 28.8. The number of amides is 1. The van der Waals surface area contributed by atoms with Crippen LogP contribution in [0.25, 0.3) is 0 Å². The van der Waals surface area contributed by atoms with E-state index in [0.717, 1.165) is 28.2 Å². The SMILES string of the molecule is CNC(=O)[C@@]1(Cc2ccccc2)C[C@H]2CC[C@@H]1N2S(=O)(=O)c1cc(C)sc1C. The third-order valence-electron chi connectivity index (χ3n) is 6.27. The number of fused-ring (bicyclic) bond motifs is 2. The third kappa shape index (κ3) is 2.91. The van der Waals surface area contributed by atoms with Gasteiger partial charge in [-0.2, -0.15) is 4.31 Å². The van der Waals surface area contributed by atoms with Gasteiger partial charge >= 0.3 is 0 Å². The summed E-state index contributed by atoms with van der Waals surface area (Å²) in [5.74, 6) is -0.0537. The van der Waals surface area contributed by atoms with Crippen LogP contribution in [0, 0.1) is 19.3 Å². The summed E-state index contributed by atoms with van der Waals surface area (Å²) in [6, 6.07) is 11.3. The lowest BCUT2D eigenvalue weighted by molar-refractivity contribution is -0.132. The molecule has 2 aliphatic rings. The fourth-order valence-corrected chi connectivity index (χ4v) is 8.66. The molecule has 2 bridgehead atoms. The highest BCUT2D eigenvalue weighted by molar-refractivity contribution is 7.89. The Morgan fingerprint density at radius 3 is 2.57 bits per heavy atom. The lowest BCUT2D eigenvalue weighted by Crippen LogP contribution is -2.50. The van der Waals surface area contributed by atoms with E-state index in [-0.39, 0.29) is 18.0 Å². The molecule has 1 amide bonds. The van der Waals surface area contributed by atoms with Crippen LogP contribution in [0.3, 0.4) is 0 Å². The summed E-state index contributed by atoms with van der Waals surface area (Å²) in [6.45, 7) is 3.79. The number of sulfonamides is 1. The number of nitrogens with one attached hydrogen (secondary N) is 1. The Hall–Kier alpha value is -1.70. The number of thiophene rings is 1. The van der Waals surface area contributed by atoms with E-state index in [2.05, 4.69) is 5.32 Å². The van der Waals surface area contributed by atoms with Gasteiger partial charge in [0.2, 0.25) is 15.9 Å². The van der Waals surface area contributed by atoms with Crippen molar-refractivity contribution in [3.63, 3.8) is 0 Å². The van der Waals surface area contributed by atoms with E-state index in [0.29, 0.717) is 17.7 Å². The van der Waals surface area contributed by atoms with Crippen LogP contribution in [0.15, 0.2) is 41.3 Å². The van der Waals surface area contributed by atoms with Gasteiger partial charge in [-0.15, -0.1) is 11.3 Å². The Balaban J connectivity index is 1.76. The molecule has 2 fully saturated rings. The van der Waals surface area contributed by atoms with Crippen LogP contribution in [0.1, 0.15) is 34.6 Å². The molecular weight excluding hydrogens is 392 g/mol. The van der Waals surface area contributed by atoms with E-state index in [4.69, 9.17) is 0 Å². The van der Waals surface area contributed by atoms with E-state index in [1.165, 1.54) is 11.3 Å². The average Bonchev–Trinajstić information content (AvgIpc) is 3.33. The molecule has 3 heterocycles. The van der Waals surface area contributed by atoms with Gasteiger partial charge in [0.1, 0.15) is 0 Å². The molecule has 2 aromatic rings. The smallest absolute Gasteiger partial charge is 0.244 e. The van der Waals surface area contributed by atoms with Gasteiger partial charge in [0.05, 0.1) is 10.3 Å². The Labute approximate surface area is 170 Å². The number of carbonyl (C=O) groups is 1. The molecule has 7 heteroatoms. The molecule has 2 aliphatic heterocycles. The first kappa shape index (κ1) is 19.6. The van der Waals surface area contributed by atoms with Crippen LogP contribution in [-0.4, -0.2) is 37.8 Å². The molecule has 4 rings (SSSR count). The molecule has 3 atom stereocenters. The molecular formula is C21H26N2O3S2. The summed E-state index contributed by atoms with van der Waals surface area (Å²) in [4.78, 5) is 15.3. The third-order valence-corrected chi connectivity index (χ3v) is 9.45. The van der Waals surface area contributed by atoms with Crippen LogP contribution in [0.2, 0.25) is 0 Å². The van der Waals surface area contributed by atoms with Gasteiger partial charge in [-0.25, -0.2) is 8.42 Å². The normalized spacial score (nSPS) is 27.2. The van der Waals surface area contributed by atoms with Gasteiger partial charge in [-0.3, -0.25) is 4.79 Å². The minimum absolute atomic E-state index is 0.0537. The maximum Gasteiger partial charge on any atom is 0.244 e. The maximum atomic E-state index is 13.6. The highest BCUT2D eigenvalue weighted by atomic mass is 32.2. The maximum absolute atomic E-state index is 13.6. The number of hydrogen-bond acceptors (Lipinski definition) is 4. The molecule has 0 radical (unpaired) electrons. The second-order valence-electron chi connectivity index (χ2n) is 7.96. The summed E-state index contributed by atoms with van der Waals surface area (Å²) in [5.41, 5.74) is 0.351. The Kier molecular flexibility index (Phi) is 4.88. The first-order chi connectivity index (χ1) is 13.3. The minimum atomic E-state index is -3.63. The van der Waals surface area contributed by atoms with Crippen molar-refractivity contribution in [1.29, 1.82) is 0 Å². The second kappa shape index (κ2) is 6.97. The number of aryl methyl sites for hydroxylation is 2. The fraction of sp³-hybridized carbons (Fsp3) is 0.476. The van der Waals surface area contributed by atoms with Crippen LogP contribution in [0.5, 0.6) is 0 Å². The highest BCUT2D eigenvalue weighted by Crippen LogP contribution is 2.54. The Bertz CT molecular complexity index is 1000. The Morgan fingerprint density at radius 1 is 1.25 bits per heavy atom. The summed E-state index contributed by atoms with van der Waals surface area (Å²) in [5, 5.41) is 2.82. The monoisotopic (exact) mass is 418 g/mol. The van der Waals surface area contributed by atoms with Gasteiger partial charge in [-0.05, 0) is 51.2 Å². The number of benzene rings is 1. The van der Waals surface area contributed by atoms with Crippen molar-refractivity contribution in [2.75, 3.05) is 7.05 Å². The number of carbonyl (C=O) groups excluding carboxylic acids is 1. The molecule has 2 saturated heterocycles. The van der Waals surface area contributed by atoms with Crippen molar-refractivity contribution in [2.45, 2.75) is 56.5 Å². The molecule has 1 aromatic carbocycles. The molecule has 1 N–H and O–H groups in total. The van der Waals surface area contributed by atoms with Crippen LogP contribution < -0.4 is 5.32 Å². The van der Waals surface area contributed by atoms with E-state index in [1.807, 2.05) is 44.2 Å². The summed E-state index contributed by atoms with van der Waals surface area (Å²) in [6.07, 6.45) is 2.68. The molecule has 150 valence electrons. The van der Waals surface area contributed by atoms with Crippen LogP contribution >= 0.6 is 11.3 Å². The van der Waals surface area contributed by atoms with Crippen molar-refractivity contribution >= 4 is 27.3 Å². The van der Waals surface area contributed by atoms with E-state index in [9.17, 15) is 13.2 Å². The zero-order valence-electron chi connectivity index (χ0n) is 16.4. The summed E-state index contributed by atoms with van der Waals surface area (Å²) >= 11 is 1.51. The van der Waals surface area contributed by atoms with Crippen molar-refractivity contribution in [2.24, 2.45) is 5.41 Å². The summed E-state index contributed by atoms with van der Waals surface area (Å²) in [7, 11) is -1.98.